The van der Waals surface area contributed by atoms with Crippen LogP contribution in [0.15, 0.2) is 44.2 Å². The van der Waals surface area contributed by atoms with E-state index in [1.807, 2.05) is 0 Å². The summed E-state index contributed by atoms with van der Waals surface area (Å²) in [4.78, 5) is 0.130. The van der Waals surface area contributed by atoms with Crippen LogP contribution in [0.1, 0.15) is 11.1 Å². The number of aromatic hydroxyl groups is 1. The highest BCUT2D eigenvalue weighted by molar-refractivity contribution is 9.11. The number of phenols is 1. The average Bonchev–Trinajstić information content (AvgIpc) is 2.39. The number of nitrogens with one attached hydrogen (secondary N) is 1. The molecule has 0 unspecified atom stereocenters. The molecule has 4 nitrogen and oxygen atoms in total. The van der Waals surface area contributed by atoms with Crippen LogP contribution in [-0.2, 0) is 10.0 Å². The lowest BCUT2D eigenvalue weighted by Gasteiger charge is -2.13. The Hall–Kier alpha value is -1.05. The Morgan fingerprint density at radius 2 is 1.76 bits per heavy atom. The number of benzene rings is 2. The minimum absolute atomic E-state index is 0.0880. The van der Waals surface area contributed by atoms with Gasteiger partial charge in [-0.2, -0.15) is 0 Å². The highest BCUT2D eigenvalue weighted by Crippen LogP contribution is 2.31. The third kappa shape index (κ3) is 3.41. The molecule has 0 heterocycles. The minimum atomic E-state index is -3.74. The van der Waals surface area contributed by atoms with Crippen LogP contribution < -0.4 is 4.72 Å². The Labute approximate surface area is 140 Å². The van der Waals surface area contributed by atoms with Crippen LogP contribution in [0.3, 0.4) is 0 Å². The molecule has 0 radical (unpaired) electrons. The Balaban J connectivity index is 2.45. The van der Waals surface area contributed by atoms with E-state index in [0.717, 1.165) is 4.47 Å². The molecule has 2 N–H and O–H groups in total. The van der Waals surface area contributed by atoms with Gasteiger partial charge in [-0.3, -0.25) is 4.72 Å². The second-order valence-corrected chi connectivity index (χ2v) is 8.00. The number of rotatable bonds is 3. The summed E-state index contributed by atoms with van der Waals surface area (Å²) in [6.45, 7) is 3.42. The molecule has 0 spiro atoms. The van der Waals surface area contributed by atoms with Gasteiger partial charge in [-0.15, -0.1) is 0 Å². The summed E-state index contributed by atoms with van der Waals surface area (Å²) in [6, 6.07) is 8.11. The molecule has 0 aliphatic carbocycles. The number of aryl methyl sites for hydroxylation is 1. The summed E-state index contributed by atoms with van der Waals surface area (Å²) in [6.07, 6.45) is 0. The van der Waals surface area contributed by atoms with E-state index in [-0.39, 0.29) is 10.6 Å². The summed E-state index contributed by atoms with van der Waals surface area (Å²) < 4.78 is 28.6. The first-order chi connectivity index (χ1) is 9.72. The van der Waals surface area contributed by atoms with E-state index >= 15 is 0 Å². The van der Waals surface area contributed by atoms with Crippen molar-refractivity contribution in [1.82, 2.24) is 0 Å². The van der Waals surface area contributed by atoms with Crippen LogP contribution in [0.4, 0.5) is 5.69 Å². The minimum Gasteiger partial charge on any atom is -0.507 e. The van der Waals surface area contributed by atoms with Gasteiger partial charge in [-0.05, 0) is 59.6 Å². The summed E-state index contributed by atoms with van der Waals surface area (Å²) in [5.74, 6) is 0.0880. The van der Waals surface area contributed by atoms with E-state index in [0.29, 0.717) is 21.3 Å². The molecule has 0 bridgehead atoms. The molecule has 0 atom stereocenters. The first kappa shape index (κ1) is 16.3. The van der Waals surface area contributed by atoms with Crippen molar-refractivity contribution in [2.24, 2.45) is 0 Å². The molecule has 0 saturated carbocycles. The smallest absolute Gasteiger partial charge is 0.263 e. The van der Waals surface area contributed by atoms with Crippen LogP contribution in [-0.4, -0.2) is 13.5 Å². The highest BCUT2D eigenvalue weighted by Gasteiger charge is 2.19. The quantitative estimate of drug-likeness (QED) is 0.755. The van der Waals surface area contributed by atoms with Gasteiger partial charge in [-0.25, -0.2) is 8.42 Å². The van der Waals surface area contributed by atoms with Crippen LogP contribution >= 0.6 is 31.9 Å². The van der Waals surface area contributed by atoms with E-state index < -0.39 is 10.0 Å². The largest absolute Gasteiger partial charge is 0.507 e. The third-order valence-corrected chi connectivity index (χ3v) is 5.90. The molecule has 0 amide bonds. The van der Waals surface area contributed by atoms with Crippen LogP contribution in [0, 0.1) is 13.8 Å². The Kier molecular flexibility index (Phi) is 4.65. The fourth-order valence-corrected chi connectivity index (χ4v) is 4.71. The van der Waals surface area contributed by atoms with Gasteiger partial charge in [0, 0.05) is 14.5 Å². The molecule has 7 heteroatoms. The second kappa shape index (κ2) is 5.98. The fourth-order valence-electron chi connectivity index (χ4n) is 1.84. The number of hydrogen-bond donors (Lipinski definition) is 2. The number of phenolic OH excluding ortho intramolecular Hbond substituents is 1. The molecule has 0 fully saturated rings. The van der Waals surface area contributed by atoms with Crippen molar-refractivity contribution in [3.8, 4) is 5.75 Å². The maximum Gasteiger partial charge on any atom is 0.263 e. The van der Waals surface area contributed by atoms with Gasteiger partial charge >= 0.3 is 0 Å². The van der Waals surface area contributed by atoms with E-state index in [9.17, 15) is 13.5 Å². The molecule has 112 valence electrons. The van der Waals surface area contributed by atoms with Crippen molar-refractivity contribution in [3.05, 3.63) is 50.4 Å². The molecule has 0 saturated heterocycles. The Bertz CT molecular complexity index is 804. The predicted octanol–water partition coefficient (Wildman–Crippen LogP) is 4.33. The van der Waals surface area contributed by atoms with Gasteiger partial charge in [0.05, 0.1) is 5.69 Å². The van der Waals surface area contributed by atoms with Gasteiger partial charge in [0.15, 0.2) is 0 Å². The zero-order chi connectivity index (χ0) is 15.8. The van der Waals surface area contributed by atoms with Crippen molar-refractivity contribution >= 4 is 47.6 Å². The van der Waals surface area contributed by atoms with Crippen molar-refractivity contribution in [2.45, 2.75) is 18.7 Å². The van der Waals surface area contributed by atoms with Crippen molar-refractivity contribution in [3.63, 3.8) is 0 Å². The van der Waals surface area contributed by atoms with Gasteiger partial charge < -0.3 is 5.11 Å². The topological polar surface area (TPSA) is 66.4 Å². The molecule has 0 aliphatic rings. The SMILES string of the molecule is Cc1ccc(NS(=O)(=O)c2ccc(Br)cc2Br)c(C)c1O. The van der Waals surface area contributed by atoms with E-state index in [1.165, 1.54) is 6.07 Å². The Morgan fingerprint density at radius 1 is 1.10 bits per heavy atom. The number of hydrogen-bond acceptors (Lipinski definition) is 3. The zero-order valence-corrected chi connectivity index (χ0v) is 15.3. The summed E-state index contributed by atoms with van der Waals surface area (Å²) >= 11 is 6.52. The number of anilines is 1. The van der Waals surface area contributed by atoms with E-state index in [1.54, 1.807) is 38.1 Å². The number of sulfonamides is 1. The molecular formula is C14H13Br2NO3S. The van der Waals surface area contributed by atoms with Gasteiger partial charge in [-0.1, -0.05) is 22.0 Å². The standard InChI is InChI=1S/C14H13Br2NO3S/c1-8-3-5-12(9(2)14(8)18)17-21(19,20)13-6-4-10(15)7-11(13)16/h3-7,17-18H,1-2H3. The Morgan fingerprint density at radius 3 is 2.38 bits per heavy atom. The normalized spacial score (nSPS) is 11.4. The predicted molar refractivity (Wildman–Crippen MR) is 90.2 cm³/mol. The first-order valence-electron chi connectivity index (χ1n) is 5.99. The van der Waals surface area contributed by atoms with Gasteiger partial charge in [0.25, 0.3) is 10.0 Å². The summed E-state index contributed by atoms with van der Waals surface area (Å²) in [5, 5.41) is 9.90. The van der Waals surface area contributed by atoms with Gasteiger partial charge in [0.1, 0.15) is 10.6 Å². The lowest BCUT2D eigenvalue weighted by Crippen LogP contribution is -2.14. The van der Waals surface area contributed by atoms with E-state index in [4.69, 9.17) is 0 Å². The lowest BCUT2D eigenvalue weighted by atomic mass is 10.1. The number of halogens is 2. The first-order valence-corrected chi connectivity index (χ1v) is 9.06. The molecule has 0 aliphatic heterocycles. The maximum absolute atomic E-state index is 12.4. The molecular weight excluding hydrogens is 422 g/mol. The highest BCUT2D eigenvalue weighted by atomic mass is 79.9. The monoisotopic (exact) mass is 433 g/mol. The fraction of sp³-hybridized carbons (Fsp3) is 0.143. The van der Waals surface area contributed by atoms with Gasteiger partial charge in [0.2, 0.25) is 0 Å². The molecule has 0 aromatic heterocycles. The van der Waals surface area contributed by atoms with E-state index in [2.05, 4.69) is 36.6 Å². The molecule has 2 aromatic carbocycles. The second-order valence-electron chi connectivity index (χ2n) is 4.58. The van der Waals surface area contributed by atoms with Crippen molar-refractivity contribution in [1.29, 1.82) is 0 Å². The molecule has 21 heavy (non-hydrogen) atoms. The maximum atomic E-state index is 12.4. The average molecular weight is 435 g/mol. The van der Waals surface area contributed by atoms with Crippen molar-refractivity contribution in [2.75, 3.05) is 4.72 Å². The lowest BCUT2D eigenvalue weighted by molar-refractivity contribution is 0.467. The van der Waals surface area contributed by atoms with Crippen LogP contribution in [0.5, 0.6) is 5.75 Å². The van der Waals surface area contributed by atoms with Crippen LogP contribution in [0.25, 0.3) is 0 Å². The summed E-state index contributed by atoms with van der Waals surface area (Å²) in [5.41, 5.74) is 1.54. The van der Waals surface area contributed by atoms with Crippen LogP contribution in [0.2, 0.25) is 0 Å². The van der Waals surface area contributed by atoms with Crippen molar-refractivity contribution < 1.29 is 13.5 Å². The zero-order valence-electron chi connectivity index (χ0n) is 11.3. The molecule has 2 rings (SSSR count). The molecule has 2 aromatic rings. The summed E-state index contributed by atoms with van der Waals surface area (Å²) in [7, 11) is -3.74. The third-order valence-electron chi connectivity index (χ3n) is 3.06.